The Morgan fingerprint density at radius 3 is 1.80 bits per heavy atom. The number of fused-ring (bicyclic) bond motifs is 8. The first-order chi connectivity index (χ1) is 36.9. The van der Waals surface area contributed by atoms with Crippen molar-refractivity contribution < 1.29 is 0 Å². The monoisotopic (exact) mass is 967 g/mol. The number of aryl methyl sites for hydroxylation is 1. The van der Waals surface area contributed by atoms with Gasteiger partial charge in [0.2, 0.25) is 0 Å². The van der Waals surface area contributed by atoms with Crippen LogP contribution in [0.2, 0.25) is 0 Å². The highest BCUT2D eigenvalue weighted by molar-refractivity contribution is 6.24. The summed E-state index contributed by atoms with van der Waals surface area (Å²) in [6.45, 7) is 15.5. The molecule has 0 amide bonds. The quantitative estimate of drug-likeness (QED) is 0.135. The van der Waals surface area contributed by atoms with Gasteiger partial charge in [-0.1, -0.05) is 198 Å². The smallest absolute Gasteiger partial charge is 0.0550 e. The second-order valence-corrected chi connectivity index (χ2v) is 20.1. The van der Waals surface area contributed by atoms with E-state index in [2.05, 4.69) is 284 Å². The molecule has 13 rings (SSSR count). The Kier molecular flexibility index (Phi) is 12.2. The molecule has 0 atom stereocenters. The summed E-state index contributed by atoms with van der Waals surface area (Å²) < 4.78 is 2.53. The van der Waals surface area contributed by atoms with Gasteiger partial charge < -0.3 is 14.4 Å². The maximum Gasteiger partial charge on any atom is 0.0550 e. The largest absolute Gasteiger partial charge is 0.313 e. The molecule has 1 heterocycles. The van der Waals surface area contributed by atoms with Crippen molar-refractivity contribution in [3.05, 3.63) is 265 Å². The van der Waals surface area contributed by atoms with E-state index in [1.54, 1.807) is 0 Å². The zero-order chi connectivity index (χ0) is 51.2. The van der Waals surface area contributed by atoms with Crippen molar-refractivity contribution in [3.63, 3.8) is 0 Å². The summed E-state index contributed by atoms with van der Waals surface area (Å²) in [6.07, 6.45) is 10.8. The lowest BCUT2D eigenvalue weighted by molar-refractivity contribution is 0.660. The summed E-state index contributed by atoms with van der Waals surface area (Å²) in [6, 6.07) is 80.7. The van der Waals surface area contributed by atoms with E-state index in [9.17, 15) is 0 Å². The third-order valence-electron chi connectivity index (χ3n) is 15.5. The Morgan fingerprint density at radius 2 is 1.09 bits per heavy atom. The molecule has 0 radical (unpaired) electrons. The lowest BCUT2D eigenvalue weighted by Gasteiger charge is -2.32. The lowest BCUT2D eigenvalue weighted by atomic mass is 9.82. The van der Waals surface area contributed by atoms with E-state index in [1.165, 1.54) is 77.2 Å². The summed E-state index contributed by atoms with van der Waals surface area (Å²) in [5.74, 6) is 0. The van der Waals surface area contributed by atoms with Gasteiger partial charge in [0.1, 0.15) is 0 Å². The molecule has 0 aliphatic heterocycles. The molecule has 0 saturated carbocycles. The molecule has 1 aromatic heterocycles. The van der Waals surface area contributed by atoms with Crippen LogP contribution in [0.5, 0.6) is 0 Å². The molecular weight excluding hydrogens is 907 g/mol. The number of hydrogen-bond acceptors (Lipinski definition) is 2. The average molecular weight is 968 g/mol. The molecule has 0 spiro atoms. The highest BCUT2D eigenvalue weighted by Crippen LogP contribution is 2.53. The molecule has 10 aromatic carbocycles. The van der Waals surface area contributed by atoms with Gasteiger partial charge in [0, 0.05) is 55.9 Å². The van der Waals surface area contributed by atoms with Crippen molar-refractivity contribution in [2.75, 3.05) is 9.80 Å². The third-order valence-corrected chi connectivity index (χ3v) is 15.5. The molecule has 364 valence electrons. The van der Waals surface area contributed by atoms with Crippen molar-refractivity contribution >= 4 is 78.5 Å². The maximum atomic E-state index is 4.56. The zero-order valence-corrected chi connectivity index (χ0v) is 43.6. The Bertz CT molecular complexity index is 4000. The Morgan fingerprint density at radius 1 is 0.480 bits per heavy atom. The van der Waals surface area contributed by atoms with E-state index in [0.717, 1.165) is 63.7 Å². The zero-order valence-electron chi connectivity index (χ0n) is 43.6. The van der Waals surface area contributed by atoms with Crippen LogP contribution in [0.25, 0.3) is 77.7 Å². The van der Waals surface area contributed by atoms with Crippen LogP contribution in [0.15, 0.2) is 243 Å². The third kappa shape index (κ3) is 7.99. The summed E-state index contributed by atoms with van der Waals surface area (Å²) in [5.41, 5.74) is 22.1. The first-order valence-corrected chi connectivity index (χ1v) is 26.6. The van der Waals surface area contributed by atoms with Crippen LogP contribution in [0.1, 0.15) is 62.8 Å². The second-order valence-electron chi connectivity index (χ2n) is 20.1. The lowest BCUT2D eigenvalue weighted by Crippen LogP contribution is -2.17. The van der Waals surface area contributed by atoms with E-state index in [4.69, 9.17) is 0 Å². The van der Waals surface area contributed by atoms with Gasteiger partial charge in [-0.25, -0.2) is 0 Å². The van der Waals surface area contributed by atoms with Crippen LogP contribution in [0, 0.1) is 6.92 Å². The highest BCUT2D eigenvalue weighted by atomic mass is 15.2. The molecule has 75 heavy (non-hydrogen) atoms. The van der Waals surface area contributed by atoms with E-state index in [1.807, 2.05) is 13.8 Å². The maximum absolute atomic E-state index is 4.56. The minimum Gasteiger partial charge on any atom is -0.313 e. The number of allylic oxidation sites excluding steroid dienone is 4. The van der Waals surface area contributed by atoms with Crippen molar-refractivity contribution in [3.8, 4) is 33.4 Å². The minimum atomic E-state index is -0.210. The van der Waals surface area contributed by atoms with E-state index >= 15 is 0 Å². The Labute approximate surface area is 442 Å². The molecule has 3 heteroatoms. The fourth-order valence-electron chi connectivity index (χ4n) is 12.1. The van der Waals surface area contributed by atoms with Crippen LogP contribution in [0.4, 0.5) is 34.1 Å². The normalized spacial score (nSPS) is 13.2. The summed E-state index contributed by atoms with van der Waals surface area (Å²) in [4.78, 5) is 4.90. The van der Waals surface area contributed by atoms with Gasteiger partial charge in [0.05, 0.1) is 16.7 Å². The molecule has 0 unspecified atom stereocenters. The van der Waals surface area contributed by atoms with Crippen molar-refractivity contribution in [2.45, 2.75) is 52.9 Å². The number of rotatable bonds is 10. The van der Waals surface area contributed by atoms with Crippen LogP contribution >= 0.6 is 0 Å². The van der Waals surface area contributed by atoms with Crippen molar-refractivity contribution in [2.24, 2.45) is 0 Å². The fourth-order valence-corrected chi connectivity index (χ4v) is 12.1. The molecule has 0 fully saturated rings. The topological polar surface area (TPSA) is 11.4 Å². The SMILES string of the molecule is C=Cc1c(-c2ccccc2C)cccc1N(c1cc(-c2cc3c(c4ccccc24)c2ccccc2n3C2=CC=CCC2)cc(N(c2ccccc2)c2ccccc2)c1)c1ccc2c(c1)C(C)(C)c1ccccc1-2.CC. The van der Waals surface area contributed by atoms with Gasteiger partial charge >= 0.3 is 0 Å². The van der Waals surface area contributed by atoms with Crippen molar-refractivity contribution in [1.82, 2.24) is 4.57 Å². The first kappa shape index (κ1) is 47.1. The van der Waals surface area contributed by atoms with Gasteiger partial charge in [0.25, 0.3) is 0 Å². The number of benzene rings is 10. The predicted octanol–water partition coefficient (Wildman–Crippen LogP) is 20.7. The first-order valence-electron chi connectivity index (χ1n) is 26.6. The Balaban J connectivity index is 0.00000281. The van der Waals surface area contributed by atoms with Gasteiger partial charge in [-0.3, -0.25) is 0 Å². The summed E-state index contributed by atoms with van der Waals surface area (Å²) >= 11 is 0. The molecule has 3 nitrogen and oxygen atoms in total. The summed E-state index contributed by atoms with van der Waals surface area (Å²) in [5, 5.41) is 5.00. The number of anilines is 6. The van der Waals surface area contributed by atoms with Crippen LogP contribution in [-0.4, -0.2) is 4.57 Å². The number of hydrogen-bond donors (Lipinski definition) is 0. The van der Waals surface area contributed by atoms with E-state index in [0.29, 0.717) is 0 Å². The van der Waals surface area contributed by atoms with Gasteiger partial charge in [-0.05, 0) is 159 Å². The summed E-state index contributed by atoms with van der Waals surface area (Å²) in [7, 11) is 0. The molecule has 2 aliphatic rings. The van der Waals surface area contributed by atoms with Gasteiger partial charge in [0.15, 0.2) is 0 Å². The van der Waals surface area contributed by atoms with E-state index < -0.39 is 0 Å². The molecular formula is C72H61N3. The number of aromatic nitrogens is 1. The molecule has 0 saturated heterocycles. The predicted molar refractivity (Wildman–Crippen MR) is 324 cm³/mol. The molecule has 0 bridgehead atoms. The van der Waals surface area contributed by atoms with Crippen LogP contribution in [0.3, 0.4) is 0 Å². The molecule has 2 aliphatic carbocycles. The Hall–Kier alpha value is -8.92. The van der Waals surface area contributed by atoms with Crippen molar-refractivity contribution in [1.29, 1.82) is 0 Å². The van der Waals surface area contributed by atoms with Crippen LogP contribution < -0.4 is 9.80 Å². The van der Waals surface area contributed by atoms with Gasteiger partial charge in [-0.2, -0.15) is 0 Å². The molecule has 11 aromatic rings. The number of para-hydroxylation sites is 3. The average Bonchev–Trinajstić information content (AvgIpc) is 3.93. The number of nitrogens with zero attached hydrogens (tertiary/aromatic N) is 3. The van der Waals surface area contributed by atoms with Gasteiger partial charge in [-0.15, -0.1) is 0 Å². The van der Waals surface area contributed by atoms with E-state index in [-0.39, 0.29) is 5.41 Å². The highest BCUT2D eigenvalue weighted by Gasteiger charge is 2.36. The standard InChI is InChI=1S/C70H55N3.C2H6/c1-5-55-57(56-31-16-15-24-47(56)2)36-23-39-66(55)72(52-40-41-60-59-33-19-21-37-64(59)70(3,4)65(60)45-52)54-43-48(42-53(44-54)71(49-25-9-6-10-26-49)50-27-11-7-12-28-50)63-46-68-69(61-34-18-17-32-58(61)63)62-35-20-22-38-67(62)73(68)51-29-13-8-14-30-51;1-2/h5-13,15-29,31-46H,1,14,30H2,2-4H3;1-2H3. The minimum absolute atomic E-state index is 0.210. The fraction of sp³-hybridized carbons (Fsp3) is 0.111. The second kappa shape index (κ2) is 19.5. The van der Waals surface area contributed by atoms with Crippen LogP contribution in [-0.2, 0) is 5.41 Å². The molecule has 0 N–H and O–H groups in total.